The highest BCUT2D eigenvalue weighted by Gasteiger charge is 2.15. The Morgan fingerprint density at radius 2 is 1.91 bits per heavy atom. The van der Waals surface area contributed by atoms with Gasteiger partial charge in [-0.3, -0.25) is 4.79 Å². The zero-order chi connectivity index (χ0) is 22.5. The third-order valence-electron chi connectivity index (χ3n) is 5.27. The second-order valence-electron chi connectivity index (χ2n) is 7.46. The lowest BCUT2D eigenvalue weighted by molar-refractivity contribution is 0.100. The van der Waals surface area contributed by atoms with E-state index in [0.29, 0.717) is 36.0 Å². The number of nitrogens with one attached hydrogen (secondary N) is 1. The van der Waals surface area contributed by atoms with Crippen LogP contribution in [0.2, 0.25) is 0 Å². The van der Waals surface area contributed by atoms with Gasteiger partial charge in [0, 0.05) is 36.0 Å². The Morgan fingerprint density at radius 1 is 1.16 bits per heavy atom. The van der Waals surface area contributed by atoms with Crippen molar-refractivity contribution in [1.29, 1.82) is 5.26 Å². The second kappa shape index (κ2) is 9.56. The number of benzene rings is 2. The largest absolute Gasteiger partial charge is 0.378 e. The van der Waals surface area contributed by atoms with E-state index in [4.69, 9.17) is 10.5 Å². The first-order valence-electron chi connectivity index (χ1n) is 10.4. The number of nitrogens with zero attached hydrogens (tertiary/aromatic N) is 4. The summed E-state index contributed by atoms with van der Waals surface area (Å²) in [6.45, 7) is 4.72. The van der Waals surface area contributed by atoms with Crippen LogP contribution in [-0.2, 0) is 4.74 Å². The monoisotopic (exact) mass is 428 g/mol. The van der Waals surface area contributed by atoms with Gasteiger partial charge in [-0.1, -0.05) is 30.3 Å². The summed E-state index contributed by atoms with van der Waals surface area (Å²) < 4.78 is 5.44. The van der Waals surface area contributed by atoms with Crippen molar-refractivity contribution < 1.29 is 9.53 Å². The van der Waals surface area contributed by atoms with Crippen molar-refractivity contribution in [3.05, 3.63) is 65.5 Å². The Labute approximate surface area is 186 Å². The molecular weight excluding hydrogens is 404 g/mol. The van der Waals surface area contributed by atoms with Gasteiger partial charge in [0.25, 0.3) is 0 Å². The number of nitriles is 1. The number of anilines is 3. The second-order valence-corrected chi connectivity index (χ2v) is 7.46. The van der Waals surface area contributed by atoms with E-state index in [-0.39, 0.29) is 12.3 Å². The average molecular weight is 428 g/mol. The highest BCUT2D eigenvalue weighted by atomic mass is 16.5. The van der Waals surface area contributed by atoms with Gasteiger partial charge in [-0.25, -0.2) is 9.97 Å². The maximum absolute atomic E-state index is 11.8. The highest BCUT2D eigenvalue weighted by molar-refractivity contribution is 5.98. The number of aryl methyl sites for hydroxylation is 1. The van der Waals surface area contributed by atoms with E-state index in [0.717, 1.165) is 35.7 Å². The van der Waals surface area contributed by atoms with E-state index in [1.54, 1.807) is 24.3 Å². The molecule has 3 aromatic rings. The van der Waals surface area contributed by atoms with E-state index >= 15 is 0 Å². The van der Waals surface area contributed by atoms with Gasteiger partial charge < -0.3 is 20.7 Å². The molecule has 2 heterocycles. The van der Waals surface area contributed by atoms with Crippen molar-refractivity contribution in [3.63, 3.8) is 0 Å². The number of hydrogen-bond acceptors (Lipinski definition) is 8. The first-order valence-corrected chi connectivity index (χ1v) is 10.4. The first-order chi connectivity index (χ1) is 15.6. The summed E-state index contributed by atoms with van der Waals surface area (Å²) >= 11 is 0. The lowest BCUT2D eigenvalue weighted by Gasteiger charge is -2.28. The number of rotatable bonds is 6. The summed E-state index contributed by atoms with van der Waals surface area (Å²) in [6, 6.07) is 16.8. The van der Waals surface area contributed by atoms with Crippen molar-refractivity contribution in [2.45, 2.75) is 6.92 Å². The first kappa shape index (κ1) is 21.4. The number of carbonyl (C=O) groups is 1. The van der Waals surface area contributed by atoms with E-state index in [9.17, 15) is 10.1 Å². The van der Waals surface area contributed by atoms with Crippen LogP contribution in [0.15, 0.2) is 48.5 Å². The predicted molar refractivity (Wildman–Crippen MR) is 123 cm³/mol. The fraction of sp³-hybridized carbons (Fsp3) is 0.250. The summed E-state index contributed by atoms with van der Waals surface area (Å²) in [5, 5.41) is 12.8. The Balaban J connectivity index is 1.68. The van der Waals surface area contributed by atoms with Gasteiger partial charge in [0.2, 0.25) is 0 Å². The Kier molecular flexibility index (Phi) is 6.40. The van der Waals surface area contributed by atoms with Crippen molar-refractivity contribution >= 4 is 23.1 Å². The number of aromatic nitrogens is 2. The molecule has 0 unspecified atom stereocenters. The topological polar surface area (TPSA) is 117 Å². The Bertz CT molecular complexity index is 1160. The summed E-state index contributed by atoms with van der Waals surface area (Å²) in [7, 11) is 0. The number of morpholine rings is 1. The molecule has 0 atom stereocenters. The summed E-state index contributed by atoms with van der Waals surface area (Å²) in [5.41, 5.74) is 9.10. The molecule has 0 radical (unpaired) electrons. The molecule has 1 saturated heterocycles. The predicted octanol–water partition coefficient (Wildman–Crippen LogP) is 3.05. The van der Waals surface area contributed by atoms with Gasteiger partial charge in [0.1, 0.15) is 17.5 Å². The molecule has 8 nitrogen and oxygen atoms in total. The van der Waals surface area contributed by atoms with Gasteiger partial charge >= 0.3 is 0 Å². The molecule has 0 spiro atoms. The van der Waals surface area contributed by atoms with Gasteiger partial charge in [-0.2, -0.15) is 5.26 Å². The van der Waals surface area contributed by atoms with Gasteiger partial charge in [-0.15, -0.1) is 0 Å². The molecule has 0 amide bonds. The molecule has 0 aliphatic carbocycles. The van der Waals surface area contributed by atoms with Crippen LogP contribution < -0.4 is 16.0 Å². The van der Waals surface area contributed by atoms with Crippen LogP contribution in [0.25, 0.3) is 11.1 Å². The minimum Gasteiger partial charge on any atom is -0.378 e. The summed E-state index contributed by atoms with van der Waals surface area (Å²) in [4.78, 5) is 23.1. The van der Waals surface area contributed by atoms with E-state index in [1.807, 2.05) is 31.2 Å². The van der Waals surface area contributed by atoms with Gasteiger partial charge in [0.15, 0.2) is 5.78 Å². The van der Waals surface area contributed by atoms with Crippen LogP contribution in [0.3, 0.4) is 0 Å². The Hall–Kier alpha value is -3.80. The number of Topliss-reactive ketones (excluding diaryl/α,β-unsaturated/α-hetero) is 1. The van der Waals surface area contributed by atoms with E-state index in [1.165, 1.54) is 0 Å². The van der Waals surface area contributed by atoms with Gasteiger partial charge in [0.05, 0.1) is 31.4 Å². The molecule has 0 bridgehead atoms. The van der Waals surface area contributed by atoms with Crippen molar-refractivity contribution in [2.75, 3.05) is 43.1 Å². The van der Waals surface area contributed by atoms with Crippen LogP contribution in [0.1, 0.15) is 21.7 Å². The van der Waals surface area contributed by atoms with Crippen molar-refractivity contribution in [2.24, 2.45) is 5.73 Å². The lowest BCUT2D eigenvalue weighted by Crippen LogP contribution is -2.36. The molecule has 162 valence electrons. The minimum atomic E-state index is -0.109. The minimum absolute atomic E-state index is 0.0262. The number of carbonyl (C=O) groups excluding carboxylic acids is 1. The Morgan fingerprint density at radius 3 is 2.59 bits per heavy atom. The van der Waals surface area contributed by atoms with Crippen LogP contribution in [-0.4, -0.2) is 48.6 Å². The molecule has 1 aromatic heterocycles. The number of ketones is 1. The number of hydrogen-bond donors (Lipinski definition) is 2. The third kappa shape index (κ3) is 4.75. The summed E-state index contributed by atoms with van der Waals surface area (Å²) in [6.07, 6.45) is 0. The standard InChI is InChI=1S/C24H24N6O2/c1-16-27-23(13-24(28-16)30-8-10-32-11-9-30)29-21-12-17(14-25)2-7-20(21)18-3-5-19(6-4-18)22(31)15-26/h2-7,12-13H,8-11,15,26H2,1H3,(H,27,28,29). The smallest absolute Gasteiger partial charge is 0.176 e. The molecule has 1 aliphatic rings. The molecule has 1 fully saturated rings. The normalized spacial score (nSPS) is 13.5. The van der Waals surface area contributed by atoms with Crippen molar-refractivity contribution in [1.82, 2.24) is 9.97 Å². The molecule has 32 heavy (non-hydrogen) atoms. The third-order valence-corrected chi connectivity index (χ3v) is 5.27. The fourth-order valence-corrected chi connectivity index (χ4v) is 3.63. The van der Waals surface area contributed by atoms with E-state index in [2.05, 4.69) is 26.3 Å². The molecular formula is C24H24N6O2. The van der Waals surface area contributed by atoms with E-state index < -0.39 is 0 Å². The van der Waals surface area contributed by atoms with Gasteiger partial charge in [-0.05, 0) is 24.6 Å². The number of nitrogens with two attached hydrogens (primary N) is 1. The van der Waals surface area contributed by atoms with Crippen LogP contribution in [0.5, 0.6) is 0 Å². The lowest BCUT2D eigenvalue weighted by atomic mass is 9.99. The SMILES string of the molecule is Cc1nc(Nc2cc(C#N)ccc2-c2ccc(C(=O)CN)cc2)cc(N2CCOCC2)n1. The zero-order valence-corrected chi connectivity index (χ0v) is 17.8. The number of ether oxygens (including phenoxy) is 1. The molecule has 8 heteroatoms. The summed E-state index contributed by atoms with van der Waals surface area (Å²) in [5.74, 6) is 2.03. The van der Waals surface area contributed by atoms with Crippen LogP contribution >= 0.6 is 0 Å². The zero-order valence-electron chi connectivity index (χ0n) is 17.8. The van der Waals surface area contributed by atoms with Crippen LogP contribution in [0.4, 0.5) is 17.3 Å². The van der Waals surface area contributed by atoms with Crippen molar-refractivity contribution in [3.8, 4) is 17.2 Å². The fourth-order valence-electron chi connectivity index (χ4n) is 3.63. The average Bonchev–Trinajstić information content (AvgIpc) is 2.84. The molecule has 4 rings (SSSR count). The maximum atomic E-state index is 11.8. The molecule has 3 N–H and O–H groups in total. The quantitative estimate of drug-likeness (QED) is 0.575. The molecule has 1 aliphatic heterocycles. The highest BCUT2D eigenvalue weighted by Crippen LogP contribution is 2.32. The molecule has 2 aromatic carbocycles. The molecule has 0 saturated carbocycles. The van der Waals surface area contributed by atoms with Crippen LogP contribution in [0, 0.1) is 18.3 Å². The maximum Gasteiger partial charge on any atom is 0.176 e.